The van der Waals surface area contributed by atoms with E-state index in [0.29, 0.717) is 5.92 Å². The highest BCUT2D eigenvalue weighted by Gasteiger charge is 2.19. The molecule has 0 saturated heterocycles. The van der Waals surface area contributed by atoms with Crippen LogP contribution in [0.1, 0.15) is 32.6 Å². The lowest BCUT2D eigenvalue weighted by atomic mass is 9.83. The molecule has 0 amide bonds. The molecule has 2 heteroatoms. The van der Waals surface area contributed by atoms with E-state index in [0.717, 1.165) is 10.9 Å². The molecule has 1 aliphatic carbocycles. The minimum Gasteiger partial charge on any atom is -0.393 e. The summed E-state index contributed by atoms with van der Waals surface area (Å²) in [5, 5.41) is 0. The zero-order chi connectivity index (χ0) is 7.56. The number of rotatable bonds is 1. The van der Waals surface area contributed by atoms with Crippen molar-refractivity contribution in [3.8, 4) is 0 Å². The van der Waals surface area contributed by atoms with Crippen LogP contribution in [0.25, 0.3) is 0 Å². The lowest BCUT2D eigenvalue weighted by molar-refractivity contribution is 0.345. The summed E-state index contributed by atoms with van der Waals surface area (Å²) in [7, 11) is 0. The molecule has 2 N–H and O–H groups in total. The van der Waals surface area contributed by atoms with Crippen LogP contribution in [0.2, 0.25) is 0 Å². The molecule has 10 heavy (non-hydrogen) atoms. The lowest BCUT2D eigenvalue weighted by Crippen LogP contribution is -2.25. The van der Waals surface area contributed by atoms with Crippen LogP contribution in [-0.2, 0) is 0 Å². The summed E-state index contributed by atoms with van der Waals surface area (Å²) in [6.45, 7) is 2.30. The Kier molecular flexibility index (Phi) is 2.66. The Morgan fingerprint density at radius 2 is 1.80 bits per heavy atom. The lowest BCUT2D eigenvalue weighted by Gasteiger charge is -2.24. The number of hydrogen-bond donors (Lipinski definition) is 1. The van der Waals surface area contributed by atoms with Crippen LogP contribution in [0.5, 0.6) is 0 Å². The van der Waals surface area contributed by atoms with Gasteiger partial charge in [-0.3, -0.25) is 0 Å². The van der Waals surface area contributed by atoms with Crippen LogP contribution in [0, 0.1) is 11.8 Å². The largest absolute Gasteiger partial charge is 0.393 e. The predicted molar refractivity (Wildman–Crippen MR) is 47.9 cm³/mol. The fourth-order valence-corrected chi connectivity index (χ4v) is 1.78. The molecule has 0 aromatic carbocycles. The first kappa shape index (κ1) is 7.99. The van der Waals surface area contributed by atoms with Gasteiger partial charge in [0, 0.05) is 5.92 Å². The summed E-state index contributed by atoms with van der Waals surface area (Å²) >= 11 is 4.93. The van der Waals surface area contributed by atoms with E-state index < -0.39 is 0 Å². The summed E-state index contributed by atoms with van der Waals surface area (Å²) in [5.41, 5.74) is 5.54. The molecule has 0 bridgehead atoms. The van der Waals surface area contributed by atoms with Gasteiger partial charge in [0.1, 0.15) is 0 Å². The van der Waals surface area contributed by atoms with Crippen molar-refractivity contribution in [1.82, 2.24) is 0 Å². The molecule has 0 aromatic rings. The summed E-state index contributed by atoms with van der Waals surface area (Å²) in [5.74, 6) is 1.44. The third-order valence-corrected chi connectivity index (χ3v) is 2.75. The maximum absolute atomic E-state index is 5.54. The van der Waals surface area contributed by atoms with Crippen LogP contribution in [0.4, 0.5) is 0 Å². The first-order chi connectivity index (χ1) is 4.70. The fourth-order valence-electron chi connectivity index (χ4n) is 1.54. The summed E-state index contributed by atoms with van der Waals surface area (Å²) < 4.78 is 0. The number of hydrogen-bond acceptors (Lipinski definition) is 1. The van der Waals surface area contributed by atoms with E-state index in [4.69, 9.17) is 18.0 Å². The minimum atomic E-state index is 0.547. The molecule has 1 saturated carbocycles. The van der Waals surface area contributed by atoms with Gasteiger partial charge < -0.3 is 5.73 Å². The highest BCUT2D eigenvalue weighted by atomic mass is 32.1. The van der Waals surface area contributed by atoms with E-state index in [2.05, 4.69) is 6.92 Å². The Balaban J connectivity index is 2.33. The van der Waals surface area contributed by atoms with Gasteiger partial charge in [-0.05, 0) is 18.8 Å². The van der Waals surface area contributed by atoms with Gasteiger partial charge in [0.2, 0.25) is 0 Å². The Hall–Kier alpha value is -0.110. The highest BCUT2D eigenvalue weighted by Crippen LogP contribution is 2.28. The standard InChI is InChI=1S/C8H15NS/c1-6-2-4-7(5-3-6)8(9)10/h6-7H,2-5H2,1H3,(H2,9,10)/t6-,7-. The van der Waals surface area contributed by atoms with Crippen molar-refractivity contribution in [2.75, 3.05) is 0 Å². The van der Waals surface area contributed by atoms with Crippen LogP contribution in [0.15, 0.2) is 0 Å². The Bertz CT molecular complexity index is 125. The molecule has 0 spiro atoms. The first-order valence-corrected chi connectivity index (χ1v) is 4.40. The van der Waals surface area contributed by atoms with Crippen molar-refractivity contribution in [2.45, 2.75) is 32.6 Å². The van der Waals surface area contributed by atoms with Gasteiger partial charge in [-0.25, -0.2) is 0 Å². The molecular weight excluding hydrogens is 142 g/mol. The third-order valence-electron chi connectivity index (χ3n) is 2.42. The molecule has 1 aliphatic rings. The Morgan fingerprint density at radius 1 is 1.30 bits per heavy atom. The molecule has 0 heterocycles. The van der Waals surface area contributed by atoms with Crippen molar-refractivity contribution in [2.24, 2.45) is 17.6 Å². The van der Waals surface area contributed by atoms with Crippen LogP contribution in [0.3, 0.4) is 0 Å². The van der Waals surface area contributed by atoms with Crippen molar-refractivity contribution >= 4 is 17.2 Å². The van der Waals surface area contributed by atoms with Gasteiger partial charge >= 0.3 is 0 Å². The average Bonchev–Trinajstić information content (AvgIpc) is 1.88. The second kappa shape index (κ2) is 3.33. The Morgan fingerprint density at radius 3 is 2.20 bits per heavy atom. The molecule has 0 unspecified atom stereocenters. The first-order valence-electron chi connectivity index (χ1n) is 3.99. The summed E-state index contributed by atoms with van der Waals surface area (Å²) in [6.07, 6.45) is 5.05. The van der Waals surface area contributed by atoms with E-state index in [1.54, 1.807) is 0 Å². The van der Waals surface area contributed by atoms with E-state index in [1.807, 2.05) is 0 Å². The van der Waals surface area contributed by atoms with Crippen LogP contribution < -0.4 is 5.73 Å². The van der Waals surface area contributed by atoms with Gasteiger partial charge in [-0.15, -0.1) is 0 Å². The maximum Gasteiger partial charge on any atom is 0.0758 e. The normalized spacial score (nSPS) is 33.7. The zero-order valence-corrected chi connectivity index (χ0v) is 7.29. The summed E-state index contributed by atoms with van der Waals surface area (Å²) in [4.78, 5) is 0.729. The Labute approximate surface area is 68.0 Å². The zero-order valence-electron chi connectivity index (χ0n) is 6.47. The summed E-state index contributed by atoms with van der Waals surface area (Å²) in [6, 6.07) is 0. The molecule has 0 radical (unpaired) electrons. The van der Waals surface area contributed by atoms with Crippen LogP contribution >= 0.6 is 12.2 Å². The molecule has 1 nitrogen and oxygen atoms in total. The predicted octanol–water partition coefficient (Wildman–Crippen LogP) is 2.10. The molecule has 0 atom stereocenters. The second-order valence-electron chi connectivity index (χ2n) is 3.36. The quantitative estimate of drug-likeness (QED) is 0.590. The SMILES string of the molecule is C[C@H]1CC[C@H](C(N)=S)CC1. The van der Waals surface area contributed by atoms with Gasteiger partial charge in [0.05, 0.1) is 4.99 Å². The molecular formula is C8H15NS. The smallest absolute Gasteiger partial charge is 0.0758 e. The molecule has 0 aromatic heterocycles. The third kappa shape index (κ3) is 1.94. The number of nitrogens with two attached hydrogens (primary N) is 1. The van der Waals surface area contributed by atoms with Gasteiger partial charge in [0.15, 0.2) is 0 Å². The maximum atomic E-state index is 5.54. The van der Waals surface area contributed by atoms with Crippen molar-refractivity contribution in [1.29, 1.82) is 0 Å². The van der Waals surface area contributed by atoms with E-state index >= 15 is 0 Å². The molecule has 0 aliphatic heterocycles. The van der Waals surface area contributed by atoms with Gasteiger partial charge in [0.25, 0.3) is 0 Å². The number of thiocarbonyl (C=S) groups is 1. The van der Waals surface area contributed by atoms with Crippen molar-refractivity contribution < 1.29 is 0 Å². The fraction of sp³-hybridized carbons (Fsp3) is 0.875. The molecule has 1 fully saturated rings. The topological polar surface area (TPSA) is 26.0 Å². The minimum absolute atomic E-state index is 0.547. The van der Waals surface area contributed by atoms with E-state index in [-0.39, 0.29) is 0 Å². The van der Waals surface area contributed by atoms with E-state index in [1.165, 1.54) is 25.7 Å². The van der Waals surface area contributed by atoms with Crippen LogP contribution in [-0.4, -0.2) is 4.99 Å². The monoisotopic (exact) mass is 157 g/mol. The van der Waals surface area contributed by atoms with Gasteiger partial charge in [-0.2, -0.15) is 0 Å². The van der Waals surface area contributed by atoms with E-state index in [9.17, 15) is 0 Å². The average molecular weight is 157 g/mol. The molecule has 58 valence electrons. The second-order valence-corrected chi connectivity index (χ2v) is 3.83. The molecule has 1 rings (SSSR count). The highest BCUT2D eigenvalue weighted by molar-refractivity contribution is 7.80. The van der Waals surface area contributed by atoms with Crippen molar-refractivity contribution in [3.05, 3.63) is 0 Å². The van der Waals surface area contributed by atoms with Gasteiger partial charge in [-0.1, -0.05) is 32.0 Å². The van der Waals surface area contributed by atoms with Crippen molar-refractivity contribution in [3.63, 3.8) is 0 Å².